The van der Waals surface area contributed by atoms with Gasteiger partial charge in [-0.05, 0) is 12.1 Å². The lowest BCUT2D eigenvalue weighted by Crippen LogP contribution is -1.91. The zero-order chi connectivity index (χ0) is 13.2. The largest absolute Gasteiger partial charge is 0.507 e. The standard InChI is InChI=1S/C15H12N2O2/c1-19-11-6-7-13(14(18)8-11)15-12-5-3-2-4-10(12)9-16-17-15/h2-9,18H,1H3. The molecule has 1 N–H and O–H groups in total. The molecule has 2 aromatic carbocycles. The SMILES string of the molecule is COc1ccc(-c2nncc3ccccc23)c(O)c1. The summed E-state index contributed by atoms with van der Waals surface area (Å²) in [7, 11) is 1.56. The molecule has 0 aliphatic heterocycles. The predicted molar refractivity (Wildman–Crippen MR) is 73.2 cm³/mol. The molecule has 0 spiro atoms. The van der Waals surface area contributed by atoms with Crippen LogP contribution in [0.4, 0.5) is 0 Å². The number of phenols is 1. The topological polar surface area (TPSA) is 55.2 Å². The Morgan fingerprint density at radius 2 is 1.95 bits per heavy atom. The van der Waals surface area contributed by atoms with Crippen molar-refractivity contribution in [1.29, 1.82) is 0 Å². The Balaban J connectivity index is 2.24. The Bertz CT molecular complexity index is 736. The molecule has 4 heteroatoms. The van der Waals surface area contributed by atoms with Gasteiger partial charge in [0.1, 0.15) is 17.2 Å². The summed E-state index contributed by atoms with van der Waals surface area (Å²) in [6.45, 7) is 0. The maximum Gasteiger partial charge on any atom is 0.128 e. The molecule has 1 aromatic heterocycles. The van der Waals surface area contributed by atoms with Crippen molar-refractivity contribution in [1.82, 2.24) is 10.2 Å². The summed E-state index contributed by atoms with van der Waals surface area (Å²) >= 11 is 0. The molecule has 0 aliphatic rings. The number of phenolic OH excluding ortho intramolecular Hbond substituents is 1. The minimum absolute atomic E-state index is 0.130. The van der Waals surface area contributed by atoms with Crippen LogP contribution in [0.5, 0.6) is 11.5 Å². The van der Waals surface area contributed by atoms with Gasteiger partial charge in [0.2, 0.25) is 0 Å². The number of aromatic nitrogens is 2. The van der Waals surface area contributed by atoms with Gasteiger partial charge in [-0.2, -0.15) is 5.10 Å². The fourth-order valence-electron chi connectivity index (χ4n) is 2.07. The Hall–Kier alpha value is -2.62. The smallest absolute Gasteiger partial charge is 0.128 e. The van der Waals surface area contributed by atoms with Crippen LogP contribution in [-0.4, -0.2) is 22.4 Å². The second-order valence-corrected chi connectivity index (χ2v) is 4.16. The molecule has 0 amide bonds. The van der Waals surface area contributed by atoms with Crippen LogP contribution in [-0.2, 0) is 0 Å². The van der Waals surface area contributed by atoms with E-state index in [9.17, 15) is 5.11 Å². The van der Waals surface area contributed by atoms with Gasteiger partial charge in [-0.15, -0.1) is 5.10 Å². The third kappa shape index (κ3) is 1.97. The van der Waals surface area contributed by atoms with Crippen molar-refractivity contribution in [2.24, 2.45) is 0 Å². The van der Waals surface area contributed by atoms with Crippen LogP contribution in [0.25, 0.3) is 22.0 Å². The lowest BCUT2D eigenvalue weighted by molar-refractivity contribution is 0.408. The van der Waals surface area contributed by atoms with Crippen LogP contribution in [0.15, 0.2) is 48.7 Å². The zero-order valence-corrected chi connectivity index (χ0v) is 10.4. The van der Waals surface area contributed by atoms with Crippen LogP contribution in [0.3, 0.4) is 0 Å². The van der Waals surface area contributed by atoms with E-state index in [2.05, 4.69) is 10.2 Å². The van der Waals surface area contributed by atoms with Crippen LogP contribution >= 0.6 is 0 Å². The highest BCUT2D eigenvalue weighted by atomic mass is 16.5. The molecule has 0 radical (unpaired) electrons. The van der Waals surface area contributed by atoms with E-state index in [0.717, 1.165) is 10.8 Å². The third-order valence-corrected chi connectivity index (χ3v) is 3.03. The molecular weight excluding hydrogens is 240 g/mol. The molecule has 3 aromatic rings. The molecule has 0 fully saturated rings. The second-order valence-electron chi connectivity index (χ2n) is 4.16. The number of methoxy groups -OCH3 is 1. The molecule has 3 rings (SSSR count). The maximum atomic E-state index is 10.1. The van der Waals surface area contributed by atoms with Crippen molar-refractivity contribution >= 4 is 10.8 Å². The first-order valence-electron chi connectivity index (χ1n) is 5.87. The van der Waals surface area contributed by atoms with E-state index in [0.29, 0.717) is 17.0 Å². The molecule has 94 valence electrons. The van der Waals surface area contributed by atoms with Crippen molar-refractivity contribution in [2.75, 3.05) is 7.11 Å². The lowest BCUT2D eigenvalue weighted by Gasteiger charge is -2.08. The van der Waals surface area contributed by atoms with Gasteiger partial charge in [0, 0.05) is 22.4 Å². The molecule has 0 unspecified atom stereocenters. The number of fused-ring (bicyclic) bond motifs is 1. The summed E-state index contributed by atoms with van der Waals surface area (Å²) in [5.74, 6) is 0.736. The summed E-state index contributed by atoms with van der Waals surface area (Å²) in [6.07, 6.45) is 1.71. The summed E-state index contributed by atoms with van der Waals surface area (Å²) in [6, 6.07) is 13.0. The maximum absolute atomic E-state index is 10.1. The van der Waals surface area contributed by atoms with Crippen molar-refractivity contribution in [3.05, 3.63) is 48.7 Å². The molecule has 0 saturated heterocycles. The zero-order valence-electron chi connectivity index (χ0n) is 10.4. The number of benzene rings is 2. The molecular formula is C15H12N2O2. The Kier molecular flexibility index (Phi) is 2.76. The minimum atomic E-state index is 0.130. The highest BCUT2D eigenvalue weighted by Crippen LogP contribution is 2.34. The Labute approximate surface area is 110 Å². The van der Waals surface area contributed by atoms with Gasteiger partial charge in [-0.1, -0.05) is 24.3 Å². The van der Waals surface area contributed by atoms with Crippen molar-refractivity contribution in [3.63, 3.8) is 0 Å². The van der Waals surface area contributed by atoms with E-state index in [-0.39, 0.29) is 5.75 Å². The first kappa shape index (κ1) is 11.5. The lowest BCUT2D eigenvalue weighted by atomic mass is 10.0. The molecule has 0 aliphatic carbocycles. The van der Waals surface area contributed by atoms with Crippen LogP contribution in [0.2, 0.25) is 0 Å². The number of hydrogen-bond acceptors (Lipinski definition) is 4. The fraction of sp³-hybridized carbons (Fsp3) is 0.0667. The Morgan fingerprint density at radius 3 is 2.74 bits per heavy atom. The quantitative estimate of drug-likeness (QED) is 0.761. The molecule has 0 atom stereocenters. The molecule has 0 bridgehead atoms. The normalized spacial score (nSPS) is 10.6. The van der Waals surface area contributed by atoms with Gasteiger partial charge in [0.05, 0.1) is 13.3 Å². The average Bonchev–Trinajstić information content (AvgIpc) is 2.46. The summed E-state index contributed by atoms with van der Waals surface area (Å²) in [5, 5.41) is 20.2. The number of aromatic hydroxyl groups is 1. The van der Waals surface area contributed by atoms with Gasteiger partial charge < -0.3 is 9.84 Å². The van der Waals surface area contributed by atoms with Gasteiger partial charge in [-0.25, -0.2) is 0 Å². The van der Waals surface area contributed by atoms with E-state index in [4.69, 9.17) is 4.74 Å². The molecule has 19 heavy (non-hydrogen) atoms. The first-order valence-corrected chi connectivity index (χ1v) is 5.87. The van der Waals surface area contributed by atoms with Crippen LogP contribution in [0, 0.1) is 0 Å². The number of nitrogens with zero attached hydrogens (tertiary/aromatic N) is 2. The molecule has 0 saturated carbocycles. The van der Waals surface area contributed by atoms with Crippen molar-refractivity contribution < 1.29 is 9.84 Å². The van der Waals surface area contributed by atoms with E-state index >= 15 is 0 Å². The fourth-order valence-corrected chi connectivity index (χ4v) is 2.07. The number of rotatable bonds is 2. The van der Waals surface area contributed by atoms with Crippen molar-refractivity contribution in [2.45, 2.75) is 0 Å². The van der Waals surface area contributed by atoms with Gasteiger partial charge in [0.15, 0.2) is 0 Å². The third-order valence-electron chi connectivity index (χ3n) is 3.03. The number of hydrogen-bond donors (Lipinski definition) is 1. The minimum Gasteiger partial charge on any atom is -0.507 e. The van der Waals surface area contributed by atoms with Crippen LogP contribution < -0.4 is 4.74 Å². The van der Waals surface area contributed by atoms with Gasteiger partial charge in [0.25, 0.3) is 0 Å². The van der Waals surface area contributed by atoms with Crippen LogP contribution in [0.1, 0.15) is 0 Å². The van der Waals surface area contributed by atoms with Gasteiger partial charge >= 0.3 is 0 Å². The van der Waals surface area contributed by atoms with E-state index in [1.807, 2.05) is 24.3 Å². The highest BCUT2D eigenvalue weighted by Gasteiger charge is 2.11. The Morgan fingerprint density at radius 1 is 1.11 bits per heavy atom. The monoisotopic (exact) mass is 252 g/mol. The number of ether oxygens (including phenoxy) is 1. The summed E-state index contributed by atoms with van der Waals surface area (Å²) in [5.41, 5.74) is 1.31. The van der Waals surface area contributed by atoms with Gasteiger partial charge in [-0.3, -0.25) is 0 Å². The van der Waals surface area contributed by atoms with E-state index < -0.39 is 0 Å². The summed E-state index contributed by atoms with van der Waals surface area (Å²) in [4.78, 5) is 0. The van der Waals surface area contributed by atoms with Crippen molar-refractivity contribution in [3.8, 4) is 22.8 Å². The highest BCUT2D eigenvalue weighted by molar-refractivity contribution is 5.95. The predicted octanol–water partition coefficient (Wildman–Crippen LogP) is 3.01. The second kappa shape index (κ2) is 4.57. The van der Waals surface area contributed by atoms with E-state index in [1.165, 1.54) is 0 Å². The van der Waals surface area contributed by atoms with E-state index in [1.54, 1.807) is 31.5 Å². The molecule has 4 nitrogen and oxygen atoms in total. The molecule has 1 heterocycles. The first-order chi connectivity index (χ1) is 9.29. The average molecular weight is 252 g/mol. The summed E-state index contributed by atoms with van der Waals surface area (Å²) < 4.78 is 5.08.